The topological polar surface area (TPSA) is 38.7 Å². The fraction of sp³-hybridized carbons (Fsp3) is 0.652. The van der Waals surface area contributed by atoms with E-state index in [2.05, 4.69) is 39.8 Å². The van der Waals surface area contributed by atoms with Crippen LogP contribution in [0, 0.1) is 5.41 Å². The smallest absolute Gasteiger partial charge is 0.163 e. The lowest BCUT2D eigenvalue weighted by atomic mass is 9.72. The Morgan fingerprint density at radius 2 is 1.96 bits per heavy atom. The largest absolute Gasteiger partial charge is 0.383 e. The van der Waals surface area contributed by atoms with E-state index in [1.165, 1.54) is 30.4 Å². The molecule has 0 aromatic heterocycles. The highest BCUT2D eigenvalue weighted by Crippen LogP contribution is 2.40. The molecule has 0 aromatic rings. The molecule has 0 saturated carbocycles. The lowest BCUT2D eigenvalue weighted by molar-refractivity contribution is -0.158. The van der Waals surface area contributed by atoms with Crippen molar-refractivity contribution in [2.24, 2.45) is 5.41 Å². The van der Waals surface area contributed by atoms with Crippen LogP contribution in [0.25, 0.3) is 0 Å². The van der Waals surface area contributed by atoms with Crippen LogP contribution in [0.4, 0.5) is 0 Å². The number of ether oxygens (including phenoxy) is 2. The summed E-state index contributed by atoms with van der Waals surface area (Å²) in [6, 6.07) is 0. The number of rotatable bonds is 5. The van der Waals surface area contributed by atoms with Crippen LogP contribution in [-0.2, 0) is 9.47 Å². The van der Waals surface area contributed by atoms with Crippen molar-refractivity contribution in [3.8, 4) is 0 Å². The van der Waals surface area contributed by atoms with Crippen LogP contribution < -0.4 is 0 Å². The third kappa shape index (κ3) is 5.42. The zero-order chi connectivity index (χ0) is 19.6. The molecule has 0 spiro atoms. The van der Waals surface area contributed by atoms with Crippen molar-refractivity contribution in [1.82, 2.24) is 0 Å². The molecule has 0 amide bonds. The van der Waals surface area contributed by atoms with Crippen LogP contribution in [0.3, 0.4) is 0 Å². The second-order valence-corrected chi connectivity index (χ2v) is 9.08. The Morgan fingerprint density at radius 1 is 1.27 bits per heavy atom. The van der Waals surface area contributed by atoms with Gasteiger partial charge in [-0.2, -0.15) is 0 Å². The molecule has 0 bridgehead atoms. The minimum atomic E-state index is -1.06. The van der Waals surface area contributed by atoms with Gasteiger partial charge in [0.15, 0.2) is 5.79 Å². The Bertz CT molecular complexity index is 630. The average Bonchev–Trinajstić information content (AvgIpc) is 2.87. The molecule has 2 rings (SSSR count). The van der Waals surface area contributed by atoms with Gasteiger partial charge in [-0.05, 0) is 64.9 Å². The molecule has 1 fully saturated rings. The normalized spacial score (nSPS) is 28.9. The van der Waals surface area contributed by atoms with Crippen LogP contribution in [-0.4, -0.2) is 29.2 Å². The Hall–Kier alpha value is -1.16. The fourth-order valence-corrected chi connectivity index (χ4v) is 3.76. The van der Waals surface area contributed by atoms with E-state index in [9.17, 15) is 5.11 Å². The molecule has 0 radical (unpaired) electrons. The van der Waals surface area contributed by atoms with E-state index in [0.717, 1.165) is 5.57 Å². The van der Waals surface area contributed by atoms with Gasteiger partial charge in [-0.25, -0.2) is 0 Å². The monoisotopic (exact) mass is 360 g/mol. The Labute approximate surface area is 159 Å². The van der Waals surface area contributed by atoms with Gasteiger partial charge in [0.25, 0.3) is 0 Å². The van der Waals surface area contributed by atoms with Gasteiger partial charge in [-0.3, -0.25) is 0 Å². The van der Waals surface area contributed by atoms with Crippen molar-refractivity contribution < 1.29 is 14.6 Å². The standard InChI is InChI=1S/C23H36O3/c1-17(12-13-19-18(2)11-9-14-21(19,3)4)10-8-15-23(7,24)20-16-25-22(5,6)26-20/h8,10,12-13,15,20,24H,9,11,14,16H2,1-7H3/b13-12+,15-8+,17-10+/t20-,23?/m1/s1. The molecule has 1 unspecified atom stereocenters. The van der Waals surface area contributed by atoms with Crippen LogP contribution in [0.15, 0.2) is 47.1 Å². The number of hydrogen-bond acceptors (Lipinski definition) is 3. The first-order valence-corrected chi connectivity index (χ1v) is 9.71. The summed E-state index contributed by atoms with van der Waals surface area (Å²) in [5.74, 6) is -0.630. The number of allylic oxidation sites excluding steroid dienone is 7. The molecule has 3 heteroatoms. The molecular formula is C23H36O3. The molecule has 1 aliphatic heterocycles. The van der Waals surface area contributed by atoms with E-state index >= 15 is 0 Å². The van der Waals surface area contributed by atoms with Crippen molar-refractivity contribution in [1.29, 1.82) is 0 Å². The summed E-state index contributed by atoms with van der Waals surface area (Å²) in [6.45, 7) is 14.9. The van der Waals surface area contributed by atoms with Crippen molar-refractivity contribution >= 4 is 0 Å². The first-order chi connectivity index (χ1) is 11.9. The molecule has 2 atom stereocenters. The highest BCUT2D eigenvalue weighted by Gasteiger charge is 2.41. The first-order valence-electron chi connectivity index (χ1n) is 9.71. The van der Waals surface area contributed by atoms with E-state index in [4.69, 9.17) is 9.47 Å². The van der Waals surface area contributed by atoms with Crippen LogP contribution in [0.1, 0.15) is 67.7 Å². The molecule has 1 N–H and O–H groups in total. The molecule has 1 heterocycles. The van der Waals surface area contributed by atoms with Gasteiger partial charge in [0.05, 0.1) is 6.61 Å². The zero-order valence-corrected chi connectivity index (χ0v) is 17.6. The van der Waals surface area contributed by atoms with Crippen molar-refractivity contribution in [3.63, 3.8) is 0 Å². The van der Waals surface area contributed by atoms with Gasteiger partial charge < -0.3 is 14.6 Å². The van der Waals surface area contributed by atoms with Crippen LogP contribution in [0.5, 0.6) is 0 Å². The second-order valence-electron chi connectivity index (χ2n) is 9.08. The maximum Gasteiger partial charge on any atom is 0.163 e. The van der Waals surface area contributed by atoms with Crippen molar-refractivity contribution in [2.75, 3.05) is 6.61 Å². The van der Waals surface area contributed by atoms with Crippen LogP contribution >= 0.6 is 0 Å². The summed E-state index contributed by atoms with van der Waals surface area (Å²) in [7, 11) is 0. The summed E-state index contributed by atoms with van der Waals surface area (Å²) in [4.78, 5) is 0. The summed E-state index contributed by atoms with van der Waals surface area (Å²) in [5, 5.41) is 10.6. The first kappa shape index (κ1) is 21.1. The SMILES string of the molecule is CC1=C(/C=C/C(C)=C/C=C/C(C)(O)[C@H]2COC(C)(C)O2)C(C)(C)CCC1. The third-order valence-corrected chi connectivity index (χ3v) is 5.51. The second kappa shape index (κ2) is 7.84. The van der Waals surface area contributed by atoms with E-state index in [-0.39, 0.29) is 11.5 Å². The Balaban J connectivity index is 2.02. The fourth-order valence-electron chi connectivity index (χ4n) is 3.76. The Morgan fingerprint density at radius 3 is 2.54 bits per heavy atom. The molecule has 1 aliphatic carbocycles. The van der Waals surface area contributed by atoms with Gasteiger partial charge in [-0.1, -0.05) is 55.4 Å². The summed E-state index contributed by atoms with van der Waals surface area (Å²) >= 11 is 0. The highest BCUT2D eigenvalue weighted by atomic mass is 16.7. The maximum atomic E-state index is 10.6. The molecule has 0 aromatic carbocycles. The molecule has 26 heavy (non-hydrogen) atoms. The van der Waals surface area contributed by atoms with Gasteiger partial charge in [-0.15, -0.1) is 0 Å². The van der Waals surface area contributed by atoms with Crippen LogP contribution in [0.2, 0.25) is 0 Å². The van der Waals surface area contributed by atoms with E-state index in [1.54, 1.807) is 13.0 Å². The maximum absolute atomic E-state index is 10.6. The Kier molecular flexibility index (Phi) is 6.37. The average molecular weight is 361 g/mol. The predicted octanol–water partition coefficient (Wildman–Crippen LogP) is 5.47. The van der Waals surface area contributed by atoms with Gasteiger partial charge >= 0.3 is 0 Å². The molecular weight excluding hydrogens is 324 g/mol. The molecule has 146 valence electrons. The summed E-state index contributed by atoms with van der Waals surface area (Å²) in [6.07, 6.45) is 13.5. The third-order valence-electron chi connectivity index (χ3n) is 5.51. The molecule has 2 aliphatic rings. The lowest BCUT2D eigenvalue weighted by Gasteiger charge is -2.32. The van der Waals surface area contributed by atoms with Crippen molar-refractivity contribution in [3.05, 3.63) is 47.1 Å². The highest BCUT2D eigenvalue weighted by molar-refractivity contribution is 5.36. The van der Waals surface area contributed by atoms with Gasteiger partial charge in [0.2, 0.25) is 0 Å². The molecule has 1 saturated heterocycles. The quantitative estimate of drug-likeness (QED) is 0.660. The predicted molar refractivity (Wildman–Crippen MR) is 108 cm³/mol. The number of aliphatic hydroxyl groups is 1. The lowest BCUT2D eigenvalue weighted by Crippen LogP contribution is -2.40. The van der Waals surface area contributed by atoms with E-state index < -0.39 is 11.4 Å². The van der Waals surface area contributed by atoms with Crippen molar-refractivity contribution in [2.45, 2.75) is 85.2 Å². The van der Waals surface area contributed by atoms with E-state index in [0.29, 0.717) is 6.61 Å². The zero-order valence-electron chi connectivity index (χ0n) is 17.6. The summed E-state index contributed by atoms with van der Waals surface area (Å²) in [5.41, 5.74) is 3.32. The van der Waals surface area contributed by atoms with E-state index in [1.807, 2.05) is 26.0 Å². The summed E-state index contributed by atoms with van der Waals surface area (Å²) < 4.78 is 11.3. The minimum Gasteiger partial charge on any atom is -0.383 e. The minimum absolute atomic E-state index is 0.255. The molecule has 3 nitrogen and oxygen atoms in total. The van der Waals surface area contributed by atoms with Gasteiger partial charge in [0, 0.05) is 0 Å². The van der Waals surface area contributed by atoms with Gasteiger partial charge in [0.1, 0.15) is 11.7 Å². The number of hydrogen-bond donors (Lipinski definition) is 1.